The van der Waals surface area contributed by atoms with Gasteiger partial charge in [-0.25, -0.2) is 0 Å². The van der Waals surface area contributed by atoms with Crippen LogP contribution in [0.4, 0.5) is 0 Å². The van der Waals surface area contributed by atoms with E-state index in [9.17, 15) is 4.79 Å². The van der Waals surface area contributed by atoms with E-state index in [1.807, 2.05) is 6.92 Å². The summed E-state index contributed by atoms with van der Waals surface area (Å²) in [5.41, 5.74) is 0.826. The third-order valence-corrected chi connectivity index (χ3v) is 3.73. The Balaban J connectivity index is 1.88. The number of carbonyl (C=O) groups is 1. The van der Waals surface area contributed by atoms with Crippen LogP contribution in [0, 0.1) is 0 Å². The number of Topliss-reactive ketones (excluding diaryl/α,β-unsaturated/α-hetero) is 1. The van der Waals surface area contributed by atoms with Gasteiger partial charge in [0.2, 0.25) is 0 Å². The van der Waals surface area contributed by atoms with Crippen LogP contribution in [0.3, 0.4) is 0 Å². The van der Waals surface area contributed by atoms with E-state index in [0.29, 0.717) is 5.78 Å². The van der Waals surface area contributed by atoms with Gasteiger partial charge in [-0.1, -0.05) is 32.1 Å². The first-order valence-corrected chi connectivity index (χ1v) is 6.36. The lowest BCUT2D eigenvalue weighted by Crippen LogP contribution is -2.26. The van der Waals surface area contributed by atoms with Gasteiger partial charge in [0, 0.05) is 12.1 Å². The molecule has 0 spiro atoms. The number of hydrogen-bond donors (Lipinski definition) is 0. The highest BCUT2D eigenvalue weighted by Gasteiger charge is 2.47. The summed E-state index contributed by atoms with van der Waals surface area (Å²) >= 11 is 0. The number of fused-ring (bicyclic) bond motifs is 1. The number of hydrogen-bond acceptors (Lipinski definition) is 2. The third kappa shape index (κ3) is 2.47. The minimum Gasteiger partial charge on any atom is -0.297 e. The largest absolute Gasteiger partial charge is 0.297 e. The molecule has 15 heavy (non-hydrogen) atoms. The Morgan fingerprint density at radius 2 is 1.47 bits per heavy atom. The predicted molar refractivity (Wildman–Crippen MR) is 62.4 cm³/mol. The lowest BCUT2D eigenvalue weighted by Gasteiger charge is -2.09. The number of carbonyl (C=O) groups excluding carboxylic acids is 1. The molecule has 0 aromatic carbocycles. The summed E-state index contributed by atoms with van der Waals surface area (Å²) in [6, 6.07) is 0. The molecule has 1 atom stereocenters. The Morgan fingerprint density at radius 3 is 2.13 bits per heavy atom. The molecule has 1 unspecified atom stereocenters. The van der Waals surface area contributed by atoms with Crippen molar-refractivity contribution in [2.24, 2.45) is 4.99 Å². The first-order valence-electron chi connectivity index (χ1n) is 6.36. The average Bonchev–Trinajstić information content (AvgIpc) is 2.87. The molecule has 1 saturated carbocycles. The number of aliphatic imine (C=N–C) groups is 1. The smallest absolute Gasteiger partial charge is 0.165 e. The van der Waals surface area contributed by atoms with Crippen molar-refractivity contribution in [2.75, 3.05) is 0 Å². The molecule has 0 amide bonds. The third-order valence-electron chi connectivity index (χ3n) is 3.73. The first kappa shape index (κ1) is 10.8. The lowest BCUT2D eigenvalue weighted by molar-refractivity contribution is -0.120. The molecule has 1 fully saturated rings. The van der Waals surface area contributed by atoms with Gasteiger partial charge in [0.25, 0.3) is 0 Å². The molecule has 0 aromatic rings. The van der Waals surface area contributed by atoms with Crippen LogP contribution in [-0.2, 0) is 4.79 Å². The summed E-state index contributed by atoms with van der Waals surface area (Å²) in [5.74, 6) is 0.359. The van der Waals surface area contributed by atoms with Gasteiger partial charge in [-0.3, -0.25) is 9.79 Å². The molecule has 0 saturated heterocycles. The maximum Gasteiger partial charge on any atom is 0.165 e. The van der Waals surface area contributed by atoms with Crippen molar-refractivity contribution in [1.82, 2.24) is 0 Å². The Labute approximate surface area is 92.2 Å². The van der Waals surface area contributed by atoms with Crippen LogP contribution in [0.1, 0.15) is 64.7 Å². The molecule has 2 aliphatic rings. The van der Waals surface area contributed by atoms with E-state index < -0.39 is 0 Å². The average molecular weight is 207 g/mol. The molecule has 2 rings (SSSR count). The van der Waals surface area contributed by atoms with Crippen LogP contribution < -0.4 is 0 Å². The Morgan fingerprint density at radius 1 is 0.933 bits per heavy atom. The van der Waals surface area contributed by atoms with Gasteiger partial charge in [0.15, 0.2) is 11.3 Å². The van der Waals surface area contributed by atoms with E-state index >= 15 is 0 Å². The van der Waals surface area contributed by atoms with E-state index in [1.165, 1.54) is 44.2 Å². The molecule has 1 aliphatic heterocycles. The Kier molecular flexibility index (Phi) is 3.22. The van der Waals surface area contributed by atoms with Gasteiger partial charge >= 0.3 is 0 Å². The van der Waals surface area contributed by atoms with Crippen LogP contribution in [0.15, 0.2) is 4.99 Å². The number of ketones is 1. The van der Waals surface area contributed by atoms with Crippen molar-refractivity contribution in [3.05, 3.63) is 0 Å². The molecule has 0 aromatic heterocycles. The van der Waals surface area contributed by atoms with E-state index in [1.54, 1.807) is 0 Å². The van der Waals surface area contributed by atoms with Crippen molar-refractivity contribution in [2.45, 2.75) is 70.3 Å². The van der Waals surface area contributed by atoms with Gasteiger partial charge in [-0.15, -0.1) is 0 Å². The molecule has 1 aliphatic carbocycles. The first-order chi connectivity index (χ1) is 7.23. The van der Waals surface area contributed by atoms with E-state index in [0.717, 1.165) is 19.3 Å². The zero-order chi connectivity index (χ0) is 10.7. The van der Waals surface area contributed by atoms with E-state index in [-0.39, 0.29) is 5.54 Å². The van der Waals surface area contributed by atoms with Gasteiger partial charge in [-0.2, -0.15) is 0 Å². The molecule has 84 valence electrons. The van der Waals surface area contributed by atoms with Gasteiger partial charge in [0.05, 0.1) is 0 Å². The highest BCUT2D eigenvalue weighted by atomic mass is 16.1. The fourth-order valence-corrected chi connectivity index (χ4v) is 2.47. The van der Waals surface area contributed by atoms with E-state index in [2.05, 4.69) is 4.99 Å². The van der Waals surface area contributed by atoms with Crippen molar-refractivity contribution in [1.29, 1.82) is 0 Å². The monoisotopic (exact) mass is 207 g/mol. The minimum absolute atomic E-state index is 0.348. The molecular formula is C13H21NO. The molecule has 0 radical (unpaired) electrons. The van der Waals surface area contributed by atoms with Gasteiger partial charge < -0.3 is 0 Å². The standard InChI is InChI=1S/C13H21NO/c1-13-11(14-13)9-7-5-3-2-4-6-8-10-12(13)15/h2-10H2,1H3. The molecule has 2 heteroatoms. The second-order valence-electron chi connectivity index (χ2n) is 5.03. The fourth-order valence-electron chi connectivity index (χ4n) is 2.47. The van der Waals surface area contributed by atoms with Crippen molar-refractivity contribution >= 4 is 11.5 Å². The highest BCUT2D eigenvalue weighted by Crippen LogP contribution is 2.34. The van der Waals surface area contributed by atoms with Crippen LogP contribution >= 0.6 is 0 Å². The summed E-state index contributed by atoms with van der Waals surface area (Å²) in [7, 11) is 0. The van der Waals surface area contributed by atoms with Crippen LogP contribution in [0.2, 0.25) is 0 Å². The maximum absolute atomic E-state index is 11.9. The Bertz CT molecular complexity index is 282. The van der Waals surface area contributed by atoms with Gasteiger partial charge in [0.1, 0.15) is 0 Å². The molecule has 2 nitrogen and oxygen atoms in total. The summed E-state index contributed by atoms with van der Waals surface area (Å²) in [6.45, 7) is 2.00. The number of nitrogens with zero attached hydrogens (tertiary/aromatic N) is 1. The van der Waals surface area contributed by atoms with Crippen LogP contribution in [0.25, 0.3) is 0 Å². The lowest BCUT2D eigenvalue weighted by atomic mass is 9.92. The predicted octanol–water partition coefficient (Wildman–Crippen LogP) is 3.29. The molecule has 0 N–H and O–H groups in total. The van der Waals surface area contributed by atoms with Crippen LogP contribution in [-0.4, -0.2) is 17.0 Å². The van der Waals surface area contributed by atoms with Crippen LogP contribution in [0.5, 0.6) is 0 Å². The molecule has 1 heterocycles. The molecular weight excluding hydrogens is 186 g/mol. The quantitative estimate of drug-likeness (QED) is 0.599. The summed E-state index contributed by atoms with van der Waals surface area (Å²) < 4.78 is 0. The highest BCUT2D eigenvalue weighted by molar-refractivity contribution is 6.23. The van der Waals surface area contributed by atoms with Crippen molar-refractivity contribution in [3.8, 4) is 0 Å². The zero-order valence-electron chi connectivity index (χ0n) is 9.72. The second-order valence-corrected chi connectivity index (χ2v) is 5.03. The fraction of sp³-hybridized carbons (Fsp3) is 0.846. The molecule has 0 bridgehead atoms. The minimum atomic E-state index is -0.348. The topological polar surface area (TPSA) is 29.4 Å². The van der Waals surface area contributed by atoms with Crippen molar-refractivity contribution in [3.63, 3.8) is 0 Å². The number of rotatable bonds is 0. The normalized spacial score (nSPS) is 33.4. The van der Waals surface area contributed by atoms with E-state index in [4.69, 9.17) is 0 Å². The second kappa shape index (κ2) is 4.46. The maximum atomic E-state index is 11.9. The Hall–Kier alpha value is -0.660. The summed E-state index contributed by atoms with van der Waals surface area (Å²) in [4.78, 5) is 16.3. The zero-order valence-corrected chi connectivity index (χ0v) is 9.72. The summed E-state index contributed by atoms with van der Waals surface area (Å²) in [6.07, 6.45) is 10.6. The van der Waals surface area contributed by atoms with Crippen molar-refractivity contribution < 1.29 is 4.79 Å². The van der Waals surface area contributed by atoms with Gasteiger partial charge in [-0.05, 0) is 26.2 Å². The SMILES string of the molecule is CC12N=C1CCCCCCCCCC2=O. The summed E-state index contributed by atoms with van der Waals surface area (Å²) in [5, 5.41) is 0.